The van der Waals surface area contributed by atoms with E-state index in [0.717, 1.165) is 0 Å². The fourth-order valence-electron chi connectivity index (χ4n) is 2.10. The van der Waals surface area contributed by atoms with Gasteiger partial charge < -0.3 is 14.5 Å². The van der Waals surface area contributed by atoms with Crippen LogP contribution in [0.5, 0.6) is 0 Å². The van der Waals surface area contributed by atoms with E-state index in [9.17, 15) is 4.79 Å². The molecule has 1 N–H and O–H groups in total. The molecule has 19 heavy (non-hydrogen) atoms. The van der Waals surface area contributed by atoms with E-state index in [4.69, 9.17) is 9.15 Å². The Balaban J connectivity index is 2.18. The monoisotopic (exact) mass is 261 g/mol. The summed E-state index contributed by atoms with van der Waals surface area (Å²) in [5, 5.41) is 14.3. The van der Waals surface area contributed by atoms with Gasteiger partial charge in [-0.3, -0.25) is 0 Å². The summed E-state index contributed by atoms with van der Waals surface area (Å²) >= 11 is 0. The molecule has 8 heteroatoms. The zero-order chi connectivity index (χ0) is 13.4. The topological polar surface area (TPSA) is 95.1 Å². The Hall–Kier alpha value is -2.64. The maximum Gasteiger partial charge on any atom is 0.338 e. The summed E-state index contributed by atoms with van der Waals surface area (Å²) in [7, 11) is 1.33. The van der Waals surface area contributed by atoms with E-state index < -0.39 is 12.0 Å². The molecule has 0 amide bonds. The molecule has 1 aliphatic rings. The van der Waals surface area contributed by atoms with Gasteiger partial charge in [0.15, 0.2) is 0 Å². The van der Waals surface area contributed by atoms with Crippen molar-refractivity contribution in [2.24, 2.45) is 0 Å². The highest BCUT2D eigenvalue weighted by Crippen LogP contribution is 2.34. The average Bonchev–Trinajstić information content (AvgIpc) is 3.06. The molecule has 98 valence electrons. The van der Waals surface area contributed by atoms with Gasteiger partial charge in [-0.05, 0) is 29.5 Å². The highest BCUT2D eigenvalue weighted by molar-refractivity contribution is 5.92. The first-order valence-electron chi connectivity index (χ1n) is 5.59. The van der Waals surface area contributed by atoms with Gasteiger partial charge in [0.2, 0.25) is 5.95 Å². The van der Waals surface area contributed by atoms with E-state index in [0.29, 0.717) is 23.0 Å². The van der Waals surface area contributed by atoms with Crippen LogP contribution in [0.4, 0.5) is 5.95 Å². The largest absolute Gasteiger partial charge is 0.467 e. The van der Waals surface area contributed by atoms with Gasteiger partial charge in [0.05, 0.1) is 18.9 Å². The summed E-state index contributed by atoms with van der Waals surface area (Å²) in [5.41, 5.74) is 1.05. The molecular formula is C11H11N5O3. The fraction of sp³-hybridized carbons (Fsp3) is 0.273. The van der Waals surface area contributed by atoms with Crippen LogP contribution in [-0.4, -0.2) is 33.3 Å². The smallest absolute Gasteiger partial charge is 0.338 e. The molecule has 2 aromatic rings. The second kappa shape index (κ2) is 4.23. The van der Waals surface area contributed by atoms with Crippen LogP contribution in [0, 0.1) is 0 Å². The Bertz CT molecular complexity index is 643. The van der Waals surface area contributed by atoms with E-state index in [1.165, 1.54) is 18.1 Å². The summed E-state index contributed by atoms with van der Waals surface area (Å²) in [6.07, 6.45) is 1.53. The summed E-state index contributed by atoms with van der Waals surface area (Å²) < 4.78 is 11.7. The maximum atomic E-state index is 12.0. The molecule has 0 saturated carbocycles. The van der Waals surface area contributed by atoms with Gasteiger partial charge in [0.25, 0.3) is 0 Å². The number of ether oxygens (including phenoxy) is 1. The Morgan fingerprint density at radius 3 is 3.11 bits per heavy atom. The maximum absolute atomic E-state index is 12.0. The summed E-state index contributed by atoms with van der Waals surface area (Å²) in [5.74, 6) is 0.564. The number of nitrogens with one attached hydrogen (secondary N) is 1. The van der Waals surface area contributed by atoms with Crippen LogP contribution < -0.4 is 5.32 Å². The normalized spacial score (nSPS) is 17.9. The number of aromatic nitrogens is 4. The first-order valence-corrected chi connectivity index (χ1v) is 5.59. The molecule has 3 rings (SSSR count). The van der Waals surface area contributed by atoms with E-state index in [2.05, 4.69) is 20.8 Å². The number of carbonyl (C=O) groups excluding carboxylic acids is 1. The van der Waals surface area contributed by atoms with Crippen molar-refractivity contribution in [3.8, 4) is 0 Å². The first kappa shape index (κ1) is 11.5. The van der Waals surface area contributed by atoms with Gasteiger partial charge in [-0.1, -0.05) is 5.10 Å². The third-order valence-corrected chi connectivity index (χ3v) is 2.93. The molecule has 8 nitrogen and oxygen atoms in total. The van der Waals surface area contributed by atoms with Crippen molar-refractivity contribution in [2.45, 2.75) is 13.0 Å². The van der Waals surface area contributed by atoms with Gasteiger partial charge in [0.1, 0.15) is 11.8 Å². The highest BCUT2D eigenvalue weighted by Gasteiger charge is 2.36. The van der Waals surface area contributed by atoms with Gasteiger partial charge in [-0.15, -0.1) is 0 Å². The molecule has 0 unspecified atom stereocenters. The predicted octanol–water partition coefficient (Wildman–Crippen LogP) is 0.728. The molecule has 0 bridgehead atoms. The number of tetrazole rings is 1. The number of fused-ring (bicyclic) bond motifs is 1. The molecule has 0 spiro atoms. The minimum absolute atomic E-state index is 0.414. The number of methoxy groups -OCH3 is 1. The van der Waals surface area contributed by atoms with Crippen molar-refractivity contribution in [1.29, 1.82) is 0 Å². The number of nitrogens with zero attached hydrogens (tertiary/aromatic N) is 4. The SMILES string of the molecule is COC(=O)C1=C(C)Nc2nnnn2[C@H]1c1ccco1. The molecule has 0 radical (unpaired) electrons. The van der Waals surface area contributed by atoms with Crippen LogP contribution in [-0.2, 0) is 9.53 Å². The Morgan fingerprint density at radius 2 is 2.42 bits per heavy atom. The van der Waals surface area contributed by atoms with E-state index in [1.807, 2.05) is 0 Å². The number of hydrogen-bond donors (Lipinski definition) is 1. The number of esters is 1. The third-order valence-electron chi connectivity index (χ3n) is 2.93. The lowest BCUT2D eigenvalue weighted by atomic mass is 10.0. The number of furan rings is 1. The average molecular weight is 261 g/mol. The lowest BCUT2D eigenvalue weighted by Crippen LogP contribution is -2.29. The molecule has 0 aromatic carbocycles. The van der Waals surface area contributed by atoms with Crippen LogP contribution in [0.15, 0.2) is 34.1 Å². The summed E-state index contributed by atoms with van der Waals surface area (Å²) in [6, 6.07) is 2.97. The Kier molecular flexibility index (Phi) is 2.55. The number of anilines is 1. The summed E-state index contributed by atoms with van der Waals surface area (Å²) in [4.78, 5) is 12.0. The fourth-order valence-corrected chi connectivity index (χ4v) is 2.10. The van der Waals surface area contributed by atoms with Crippen molar-refractivity contribution in [1.82, 2.24) is 20.2 Å². The Morgan fingerprint density at radius 1 is 1.58 bits per heavy atom. The van der Waals surface area contributed by atoms with Crippen LogP contribution in [0.3, 0.4) is 0 Å². The minimum atomic E-state index is -0.534. The number of hydrogen-bond acceptors (Lipinski definition) is 7. The van der Waals surface area contributed by atoms with Gasteiger partial charge in [0, 0.05) is 5.70 Å². The minimum Gasteiger partial charge on any atom is -0.467 e. The molecule has 1 aliphatic heterocycles. The molecule has 3 heterocycles. The molecule has 1 atom stereocenters. The molecule has 0 saturated heterocycles. The van der Waals surface area contributed by atoms with Crippen LogP contribution >= 0.6 is 0 Å². The predicted molar refractivity (Wildman–Crippen MR) is 63.0 cm³/mol. The van der Waals surface area contributed by atoms with Gasteiger partial charge >= 0.3 is 5.97 Å². The lowest BCUT2D eigenvalue weighted by molar-refractivity contribution is -0.136. The molecule has 0 fully saturated rings. The van der Waals surface area contributed by atoms with E-state index in [-0.39, 0.29) is 0 Å². The molecule has 2 aromatic heterocycles. The quantitative estimate of drug-likeness (QED) is 0.796. The summed E-state index contributed by atoms with van der Waals surface area (Å²) in [6.45, 7) is 1.76. The highest BCUT2D eigenvalue weighted by atomic mass is 16.5. The number of rotatable bonds is 2. The molecular weight excluding hydrogens is 250 g/mol. The zero-order valence-corrected chi connectivity index (χ0v) is 10.3. The van der Waals surface area contributed by atoms with Crippen LogP contribution in [0.2, 0.25) is 0 Å². The molecule has 0 aliphatic carbocycles. The van der Waals surface area contributed by atoms with Crippen molar-refractivity contribution in [3.63, 3.8) is 0 Å². The second-order valence-corrected chi connectivity index (χ2v) is 4.02. The van der Waals surface area contributed by atoms with Gasteiger partial charge in [-0.2, -0.15) is 4.68 Å². The van der Waals surface area contributed by atoms with Crippen molar-refractivity contribution >= 4 is 11.9 Å². The van der Waals surface area contributed by atoms with Crippen molar-refractivity contribution in [3.05, 3.63) is 35.4 Å². The van der Waals surface area contributed by atoms with Crippen molar-refractivity contribution in [2.75, 3.05) is 12.4 Å². The van der Waals surface area contributed by atoms with Crippen LogP contribution in [0.25, 0.3) is 0 Å². The first-order chi connectivity index (χ1) is 9.22. The Labute approximate surface area is 108 Å². The van der Waals surface area contributed by atoms with Gasteiger partial charge in [-0.25, -0.2) is 4.79 Å². The number of allylic oxidation sites excluding steroid dienone is 1. The zero-order valence-electron chi connectivity index (χ0n) is 10.3. The van der Waals surface area contributed by atoms with Crippen molar-refractivity contribution < 1.29 is 13.9 Å². The standard InChI is InChI=1S/C11H11N5O3/c1-6-8(10(17)18-2)9(7-4-3-5-19-7)16-11(12-6)13-14-15-16/h3-5,9H,1-2H3,(H,12,13,15)/t9-/m0/s1. The second-order valence-electron chi connectivity index (χ2n) is 4.02. The third kappa shape index (κ3) is 1.68. The van der Waals surface area contributed by atoms with E-state index in [1.54, 1.807) is 19.1 Å². The lowest BCUT2D eigenvalue weighted by Gasteiger charge is -2.25. The van der Waals surface area contributed by atoms with Crippen LogP contribution in [0.1, 0.15) is 18.7 Å². The van der Waals surface area contributed by atoms with E-state index >= 15 is 0 Å². The number of carbonyl (C=O) groups is 1.